The smallest absolute Gasteiger partial charge is 0.291 e. The van der Waals surface area contributed by atoms with Crippen molar-refractivity contribution in [3.8, 4) is 11.5 Å². The fourth-order valence-electron chi connectivity index (χ4n) is 4.04. The van der Waals surface area contributed by atoms with Crippen molar-refractivity contribution in [3.05, 3.63) is 59.9 Å². The number of carbonyl (C=O) groups excluding carboxylic acids is 3. The molecule has 2 unspecified atom stereocenters. The normalized spacial score (nSPS) is 18.7. The number of amides is 1. The number of fused-ring (bicyclic) bond motifs is 1. The minimum Gasteiger partial charge on any atom is -0.504 e. The highest BCUT2D eigenvalue weighted by atomic mass is 16.5. The van der Waals surface area contributed by atoms with Crippen LogP contribution in [-0.2, 0) is 9.59 Å². The zero-order valence-corrected chi connectivity index (χ0v) is 18.1. The lowest BCUT2D eigenvalue weighted by Gasteiger charge is -2.28. The Bertz CT molecular complexity index is 1170. The number of ketones is 2. The molecule has 3 aromatic rings. The molecule has 0 radical (unpaired) electrons. The van der Waals surface area contributed by atoms with Gasteiger partial charge in [0.15, 0.2) is 17.3 Å². The fourth-order valence-corrected chi connectivity index (χ4v) is 4.04. The Morgan fingerprint density at radius 2 is 1.91 bits per heavy atom. The Kier molecular flexibility index (Phi) is 5.71. The standard InChI is InChI=1S/C24H24N2O6/c1-25(2)10-11-26-21(15-8-9-16(27)18(13-15)31-3)20(23(29)24(26)30)22(28)19-12-14-6-4-5-7-17(14)32-19/h4-9,12-13,20-21,27H,10-11H2,1-3H3. The summed E-state index contributed by atoms with van der Waals surface area (Å²) in [7, 11) is 5.13. The molecule has 1 fully saturated rings. The van der Waals surface area contributed by atoms with Gasteiger partial charge in [-0.25, -0.2) is 0 Å². The number of nitrogens with zero attached hydrogens (tertiary/aromatic N) is 2. The number of rotatable bonds is 7. The van der Waals surface area contributed by atoms with Crippen molar-refractivity contribution in [1.82, 2.24) is 9.80 Å². The van der Waals surface area contributed by atoms with E-state index in [1.165, 1.54) is 18.1 Å². The van der Waals surface area contributed by atoms with Gasteiger partial charge in [0, 0.05) is 18.5 Å². The molecule has 1 aliphatic rings. The second-order valence-corrected chi connectivity index (χ2v) is 8.03. The minimum atomic E-state index is -1.26. The summed E-state index contributed by atoms with van der Waals surface area (Å²) in [5.74, 6) is -3.15. The van der Waals surface area contributed by atoms with E-state index in [9.17, 15) is 19.5 Å². The fraction of sp³-hybridized carbons (Fsp3) is 0.292. The van der Waals surface area contributed by atoms with Crippen molar-refractivity contribution >= 4 is 28.4 Å². The number of phenols is 1. The lowest BCUT2D eigenvalue weighted by Crippen LogP contribution is -2.36. The summed E-state index contributed by atoms with van der Waals surface area (Å²) >= 11 is 0. The van der Waals surface area contributed by atoms with E-state index in [1.807, 2.05) is 31.1 Å². The molecule has 8 heteroatoms. The molecule has 1 amide bonds. The van der Waals surface area contributed by atoms with Gasteiger partial charge in [-0.1, -0.05) is 24.3 Å². The number of furan rings is 1. The summed E-state index contributed by atoms with van der Waals surface area (Å²) < 4.78 is 10.9. The maximum absolute atomic E-state index is 13.5. The highest BCUT2D eigenvalue weighted by Gasteiger charge is 2.52. The molecule has 0 saturated carbocycles. The molecule has 0 bridgehead atoms. The molecule has 1 aromatic heterocycles. The number of carbonyl (C=O) groups is 3. The first-order valence-electron chi connectivity index (χ1n) is 10.2. The topological polar surface area (TPSA) is 100 Å². The monoisotopic (exact) mass is 436 g/mol. The predicted molar refractivity (Wildman–Crippen MR) is 117 cm³/mol. The summed E-state index contributed by atoms with van der Waals surface area (Å²) in [6.07, 6.45) is 0. The highest BCUT2D eigenvalue weighted by molar-refractivity contribution is 6.43. The van der Waals surface area contributed by atoms with Crippen LogP contribution in [0.2, 0.25) is 0 Å². The first-order chi connectivity index (χ1) is 15.3. The average Bonchev–Trinajstić information content (AvgIpc) is 3.32. The summed E-state index contributed by atoms with van der Waals surface area (Å²) in [5.41, 5.74) is 1.05. The number of methoxy groups -OCH3 is 1. The quantitative estimate of drug-likeness (QED) is 0.345. The molecular formula is C24H24N2O6. The molecule has 4 rings (SSSR count). The lowest BCUT2D eigenvalue weighted by atomic mass is 9.88. The Balaban J connectivity index is 1.79. The molecule has 1 aliphatic heterocycles. The molecule has 32 heavy (non-hydrogen) atoms. The Morgan fingerprint density at radius 3 is 2.59 bits per heavy atom. The van der Waals surface area contributed by atoms with Gasteiger partial charge in [0.25, 0.3) is 5.91 Å². The Morgan fingerprint density at radius 1 is 1.16 bits per heavy atom. The Labute approximate surface area is 185 Å². The van der Waals surface area contributed by atoms with Crippen LogP contribution in [0, 0.1) is 5.92 Å². The number of likely N-dealkylation sites (N-methyl/N-ethyl adjacent to an activating group) is 1. The van der Waals surface area contributed by atoms with Gasteiger partial charge in [-0.05, 0) is 43.9 Å². The van der Waals surface area contributed by atoms with E-state index in [4.69, 9.17) is 9.15 Å². The van der Waals surface area contributed by atoms with Gasteiger partial charge in [-0.3, -0.25) is 14.4 Å². The molecular weight excluding hydrogens is 412 g/mol. The summed E-state index contributed by atoms with van der Waals surface area (Å²) in [6.45, 7) is 0.769. The maximum atomic E-state index is 13.5. The largest absolute Gasteiger partial charge is 0.504 e. The van der Waals surface area contributed by atoms with Crippen LogP contribution in [0.15, 0.2) is 52.9 Å². The lowest BCUT2D eigenvalue weighted by molar-refractivity contribution is -0.140. The van der Waals surface area contributed by atoms with E-state index in [0.29, 0.717) is 17.7 Å². The molecule has 1 N–H and O–H groups in total. The number of aromatic hydroxyl groups is 1. The molecule has 2 aromatic carbocycles. The van der Waals surface area contributed by atoms with Gasteiger partial charge in [0.1, 0.15) is 11.5 Å². The van der Waals surface area contributed by atoms with Gasteiger partial charge < -0.3 is 24.1 Å². The summed E-state index contributed by atoms with van der Waals surface area (Å²) in [6, 6.07) is 12.5. The van der Waals surface area contributed by atoms with Crippen molar-refractivity contribution in [3.63, 3.8) is 0 Å². The summed E-state index contributed by atoms with van der Waals surface area (Å²) in [5, 5.41) is 10.7. The molecule has 0 spiro atoms. The van der Waals surface area contributed by atoms with Crippen LogP contribution in [0.3, 0.4) is 0 Å². The maximum Gasteiger partial charge on any atom is 0.291 e. The highest BCUT2D eigenvalue weighted by Crippen LogP contribution is 2.41. The first-order valence-corrected chi connectivity index (χ1v) is 10.2. The van der Waals surface area contributed by atoms with Gasteiger partial charge in [0.2, 0.25) is 11.6 Å². The zero-order chi connectivity index (χ0) is 23.0. The van der Waals surface area contributed by atoms with Gasteiger partial charge in [-0.2, -0.15) is 0 Å². The number of hydrogen-bond donors (Lipinski definition) is 1. The van der Waals surface area contributed by atoms with E-state index in [1.54, 1.807) is 30.3 Å². The average molecular weight is 436 g/mol. The van der Waals surface area contributed by atoms with Gasteiger partial charge in [-0.15, -0.1) is 0 Å². The zero-order valence-electron chi connectivity index (χ0n) is 18.1. The number of ether oxygens (including phenoxy) is 1. The molecule has 1 saturated heterocycles. The van der Waals surface area contributed by atoms with Crippen LogP contribution in [0.25, 0.3) is 11.0 Å². The van der Waals surface area contributed by atoms with Crippen molar-refractivity contribution in [2.24, 2.45) is 5.92 Å². The number of para-hydroxylation sites is 1. The van der Waals surface area contributed by atoms with Crippen molar-refractivity contribution in [2.75, 3.05) is 34.3 Å². The molecule has 166 valence electrons. The van der Waals surface area contributed by atoms with Crippen molar-refractivity contribution < 1.29 is 28.6 Å². The number of Topliss-reactive ketones (excluding diaryl/α,β-unsaturated/α-hetero) is 2. The van der Waals surface area contributed by atoms with Crippen LogP contribution in [0.5, 0.6) is 11.5 Å². The van der Waals surface area contributed by atoms with E-state index >= 15 is 0 Å². The van der Waals surface area contributed by atoms with Crippen molar-refractivity contribution in [1.29, 1.82) is 0 Å². The number of likely N-dealkylation sites (tertiary alicyclic amines) is 1. The molecule has 2 heterocycles. The summed E-state index contributed by atoms with van der Waals surface area (Å²) in [4.78, 5) is 42.8. The second kappa shape index (κ2) is 8.47. The predicted octanol–water partition coefficient (Wildman–Crippen LogP) is 2.66. The third-order valence-electron chi connectivity index (χ3n) is 5.69. The van der Waals surface area contributed by atoms with Crippen LogP contribution < -0.4 is 4.74 Å². The minimum absolute atomic E-state index is 0.0301. The van der Waals surface area contributed by atoms with Gasteiger partial charge in [0.05, 0.1) is 13.2 Å². The molecule has 8 nitrogen and oxygen atoms in total. The van der Waals surface area contributed by atoms with Crippen LogP contribution >= 0.6 is 0 Å². The van der Waals surface area contributed by atoms with Crippen LogP contribution in [0.4, 0.5) is 0 Å². The van der Waals surface area contributed by atoms with Crippen molar-refractivity contribution in [2.45, 2.75) is 6.04 Å². The SMILES string of the molecule is COc1cc(C2C(C(=O)c3cc4ccccc4o3)C(=O)C(=O)N2CCN(C)C)ccc1O. The van der Waals surface area contributed by atoms with Crippen LogP contribution in [-0.4, -0.2) is 66.7 Å². The number of phenolic OH excluding ortho intramolecular Hbond substituents is 1. The number of hydrogen-bond acceptors (Lipinski definition) is 7. The Hall–Kier alpha value is -3.65. The second-order valence-electron chi connectivity index (χ2n) is 8.03. The third kappa shape index (κ3) is 3.73. The first kappa shape index (κ1) is 21.6. The van der Waals surface area contributed by atoms with Crippen LogP contribution in [0.1, 0.15) is 22.2 Å². The molecule has 0 aliphatic carbocycles. The van der Waals surface area contributed by atoms with E-state index in [-0.39, 0.29) is 23.8 Å². The molecule has 2 atom stereocenters. The van der Waals surface area contributed by atoms with E-state index < -0.39 is 29.4 Å². The van der Waals surface area contributed by atoms with Gasteiger partial charge >= 0.3 is 0 Å². The number of benzene rings is 2. The van der Waals surface area contributed by atoms with E-state index in [0.717, 1.165) is 5.39 Å². The van der Waals surface area contributed by atoms with E-state index in [2.05, 4.69) is 0 Å². The third-order valence-corrected chi connectivity index (χ3v) is 5.69.